The maximum Gasteiger partial charge on any atom is 0.166 e. The molecule has 0 aliphatic rings. The number of benzene rings is 8. The zero-order valence-electron chi connectivity index (χ0n) is 41.2. The van der Waals surface area contributed by atoms with E-state index in [0.29, 0.717) is 39.5 Å². The number of aromatic nitrogens is 4. The van der Waals surface area contributed by atoms with Gasteiger partial charge in [-0.1, -0.05) is 145 Å². The molecule has 56 heavy (non-hydrogen) atoms. The largest absolute Gasteiger partial charge is 0.456 e. The summed E-state index contributed by atoms with van der Waals surface area (Å²) in [6.45, 7) is 0. The van der Waals surface area contributed by atoms with Gasteiger partial charge in [-0.25, -0.2) is 15.0 Å². The number of hydrogen-bond donors (Lipinski definition) is 0. The van der Waals surface area contributed by atoms with Crippen LogP contribution in [0.3, 0.4) is 0 Å². The Morgan fingerprint density at radius 3 is 1.82 bits per heavy atom. The number of hydrogen-bond acceptors (Lipinski definition) is 4. The lowest BCUT2D eigenvalue weighted by Crippen LogP contribution is -2.04. The molecule has 0 spiro atoms. The molecule has 3 aromatic heterocycles. The summed E-state index contributed by atoms with van der Waals surface area (Å²) in [5.41, 5.74) is 3.46. The van der Waals surface area contributed by atoms with Crippen molar-refractivity contribution in [3.63, 3.8) is 0 Å². The number of furan rings is 1. The SMILES string of the molecule is [2H]c1c([2H])c([2H])c(-c2c([2H])c([2H])c3c(c2[2H])c2c([2H])c([2H])c([2H])c([2H])c2n3-c2ccc(-c3ccc4c(c3)oc3ccccc34)cc2-c2nc(-c3ccccc3)nc(-c3ccccc3)n2)c([2H])c1[2H]. The van der Waals surface area contributed by atoms with Gasteiger partial charge in [0.05, 0.1) is 33.2 Å². The van der Waals surface area contributed by atoms with Gasteiger partial charge in [-0.2, -0.15) is 0 Å². The van der Waals surface area contributed by atoms with Crippen LogP contribution in [0.15, 0.2) is 198 Å². The van der Waals surface area contributed by atoms with Crippen molar-refractivity contribution in [2.45, 2.75) is 0 Å². The first-order valence-corrected chi connectivity index (χ1v) is 17.8. The maximum absolute atomic E-state index is 9.72. The van der Waals surface area contributed by atoms with E-state index in [1.807, 2.05) is 109 Å². The minimum absolute atomic E-state index is 0.135. The molecule has 0 amide bonds. The molecule has 11 rings (SSSR count). The molecule has 0 N–H and O–H groups in total. The minimum Gasteiger partial charge on any atom is -0.456 e. The fraction of sp³-hybridized carbons (Fsp3) is 0. The zero-order chi connectivity index (χ0) is 47.4. The molecule has 0 fully saturated rings. The predicted octanol–water partition coefficient (Wildman–Crippen LogP) is 13.2. The van der Waals surface area contributed by atoms with Crippen molar-refractivity contribution in [1.82, 2.24) is 19.5 Å². The highest BCUT2D eigenvalue weighted by atomic mass is 16.3. The average Bonchev–Trinajstić information content (AvgIpc) is 3.93. The highest BCUT2D eigenvalue weighted by Gasteiger charge is 2.21. The van der Waals surface area contributed by atoms with Gasteiger partial charge in [0.15, 0.2) is 17.5 Å². The van der Waals surface area contributed by atoms with Gasteiger partial charge in [-0.3, -0.25) is 0 Å². The van der Waals surface area contributed by atoms with Gasteiger partial charge in [0.25, 0.3) is 0 Å². The third-order valence-electron chi connectivity index (χ3n) is 9.80. The first kappa shape index (κ1) is 21.9. The normalized spacial score (nSPS) is 14.6. The molecule has 0 atom stereocenters. The molecule has 8 aromatic carbocycles. The summed E-state index contributed by atoms with van der Waals surface area (Å²) >= 11 is 0. The van der Waals surface area contributed by atoms with E-state index in [0.717, 1.165) is 21.9 Å². The second-order valence-corrected chi connectivity index (χ2v) is 13.1. The summed E-state index contributed by atoms with van der Waals surface area (Å²) in [5.74, 6) is 0.796. The number of nitrogens with zero attached hydrogens (tertiary/aromatic N) is 4. The Balaban J connectivity index is 1.28. The Kier molecular flexibility index (Phi) is 5.10. The van der Waals surface area contributed by atoms with Crippen molar-refractivity contribution in [2.24, 2.45) is 0 Å². The zero-order valence-corrected chi connectivity index (χ0v) is 29.2. The summed E-state index contributed by atoms with van der Waals surface area (Å²) in [6.07, 6.45) is 0. The molecule has 0 bridgehead atoms. The number of fused-ring (bicyclic) bond motifs is 6. The van der Waals surface area contributed by atoms with Crippen LogP contribution in [-0.2, 0) is 0 Å². The summed E-state index contributed by atoms with van der Waals surface area (Å²) in [4.78, 5) is 15.0. The van der Waals surface area contributed by atoms with Crippen LogP contribution in [0.25, 0.3) is 106 Å². The highest BCUT2D eigenvalue weighted by Crippen LogP contribution is 2.40. The van der Waals surface area contributed by atoms with Crippen LogP contribution in [-0.4, -0.2) is 19.5 Å². The van der Waals surface area contributed by atoms with Crippen LogP contribution in [0.2, 0.25) is 0 Å². The first-order chi connectivity index (χ1) is 32.7. The standard InChI is InChI=1S/C51H32N4O/c1-4-14-33(15-5-1)36-25-28-45-42(30-36)39-20-10-12-22-44(39)55(45)46-29-26-37(38-24-27-41-40-21-11-13-23-47(40)56-48(41)32-38)31-43(46)51-53-49(34-16-6-2-7-17-34)52-50(54-51)35-18-8-3-9-19-35/h1-32H/i1D,4D,5D,10D,12D,14D,15D,20D,22D,25D,28D,30D. The van der Waals surface area contributed by atoms with E-state index >= 15 is 0 Å². The van der Waals surface area contributed by atoms with Gasteiger partial charge < -0.3 is 8.98 Å². The maximum atomic E-state index is 9.72. The van der Waals surface area contributed by atoms with E-state index < -0.39 is 83.6 Å². The van der Waals surface area contributed by atoms with Crippen molar-refractivity contribution in [2.75, 3.05) is 0 Å². The van der Waals surface area contributed by atoms with Gasteiger partial charge >= 0.3 is 0 Å². The Morgan fingerprint density at radius 1 is 0.411 bits per heavy atom. The summed E-state index contributed by atoms with van der Waals surface area (Å²) < 4.78 is 115. The lowest BCUT2D eigenvalue weighted by molar-refractivity contribution is 0.669. The minimum atomic E-state index is -0.706. The Bertz CT molecular complexity index is 3860. The van der Waals surface area contributed by atoms with Gasteiger partial charge in [0, 0.05) is 38.2 Å². The predicted molar refractivity (Wildman–Crippen MR) is 229 cm³/mol. The third-order valence-corrected chi connectivity index (χ3v) is 9.80. The van der Waals surface area contributed by atoms with E-state index in [9.17, 15) is 6.85 Å². The Morgan fingerprint density at radius 2 is 1.04 bits per heavy atom. The molecule has 0 saturated heterocycles. The molecule has 0 saturated carbocycles. The van der Waals surface area contributed by atoms with E-state index in [1.54, 1.807) is 12.1 Å². The second-order valence-electron chi connectivity index (χ2n) is 13.1. The summed E-state index contributed by atoms with van der Waals surface area (Å²) in [6, 6.07) is 30.0. The highest BCUT2D eigenvalue weighted by molar-refractivity contribution is 6.11. The van der Waals surface area contributed by atoms with E-state index in [2.05, 4.69) is 0 Å². The van der Waals surface area contributed by atoms with Crippen molar-refractivity contribution in [1.29, 1.82) is 0 Å². The molecule has 0 aliphatic heterocycles. The molecule has 5 heteroatoms. The topological polar surface area (TPSA) is 56.7 Å². The Hall–Kier alpha value is -7.63. The Labute approximate surface area is 339 Å². The molecular formula is C51H32N4O. The molecule has 0 radical (unpaired) electrons. The third kappa shape index (κ3) is 5.37. The molecule has 11 aromatic rings. The van der Waals surface area contributed by atoms with Gasteiger partial charge in [-0.05, 0) is 70.7 Å². The lowest BCUT2D eigenvalue weighted by atomic mass is 9.99. The fourth-order valence-corrected chi connectivity index (χ4v) is 7.18. The number of para-hydroxylation sites is 2. The molecule has 3 heterocycles. The van der Waals surface area contributed by atoms with Crippen molar-refractivity contribution in [3.05, 3.63) is 194 Å². The van der Waals surface area contributed by atoms with Gasteiger partial charge in [0.1, 0.15) is 11.2 Å². The molecule has 0 unspecified atom stereocenters. The van der Waals surface area contributed by atoms with Crippen LogP contribution in [0.1, 0.15) is 16.4 Å². The summed E-state index contributed by atoms with van der Waals surface area (Å²) in [5, 5.41) is 1.51. The van der Waals surface area contributed by atoms with Gasteiger partial charge in [-0.15, -0.1) is 0 Å². The van der Waals surface area contributed by atoms with Crippen LogP contribution in [0.4, 0.5) is 0 Å². The smallest absolute Gasteiger partial charge is 0.166 e. The number of rotatable bonds is 6. The first-order valence-electron chi connectivity index (χ1n) is 23.8. The molecule has 5 nitrogen and oxygen atoms in total. The van der Waals surface area contributed by atoms with Crippen LogP contribution >= 0.6 is 0 Å². The molecule has 0 aliphatic carbocycles. The quantitative estimate of drug-likeness (QED) is 0.171. The summed E-state index contributed by atoms with van der Waals surface area (Å²) in [7, 11) is 0. The van der Waals surface area contributed by atoms with Crippen molar-refractivity contribution in [3.8, 4) is 62.1 Å². The monoisotopic (exact) mass is 728 g/mol. The fourth-order valence-electron chi connectivity index (χ4n) is 7.18. The molecular weight excluding hydrogens is 685 g/mol. The van der Waals surface area contributed by atoms with E-state index in [1.165, 1.54) is 4.57 Å². The van der Waals surface area contributed by atoms with Crippen molar-refractivity contribution >= 4 is 43.7 Å². The lowest BCUT2D eigenvalue weighted by Gasteiger charge is -2.16. The van der Waals surface area contributed by atoms with E-state index in [-0.39, 0.29) is 33.3 Å². The van der Waals surface area contributed by atoms with Crippen molar-refractivity contribution < 1.29 is 20.9 Å². The van der Waals surface area contributed by atoms with Crippen LogP contribution < -0.4 is 0 Å². The van der Waals surface area contributed by atoms with E-state index in [4.69, 9.17) is 29.0 Å². The second kappa shape index (κ2) is 13.0. The van der Waals surface area contributed by atoms with Crippen LogP contribution in [0.5, 0.6) is 0 Å². The van der Waals surface area contributed by atoms with Crippen LogP contribution in [0, 0.1) is 0 Å². The average molecular weight is 729 g/mol. The molecule has 262 valence electrons. The van der Waals surface area contributed by atoms with Gasteiger partial charge in [0.2, 0.25) is 0 Å².